The van der Waals surface area contributed by atoms with Crippen molar-refractivity contribution in [1.29, 1.82) is 0 Å². The fourth-order valence-corrected chi connectivity index (χ4v) is 3.12. The van der Waals surface area contributed by atoms with Gasteiger partial charge in [0.1, 0.15) is 0 Å². The van der Waals surface area contributed by atoms with Gasteiger partial charge in [-0.05, 0) is 51.4 Å². The molecule has 0 atom stereocenters. The molecule has 0 aromatic carbocycles. The Bertz CT molecular complexity index is 412. The van der Waals surface area contributed by atoms with Crippen molar-refractivity contribution in [1.82, 2.24) is 0 Å². The first-order chi connectivity index (χ1) is 15.5. The van der Waals surface area contributed by atoms with Crippen molar-refractivity contribution in [3.8, 4) is 0 Å². The number of carboxylic acid groups (broad SMARTS) is 1. The SMILES string of the molecule is CCCC/C=C\CCCCCCCC(=O)O.CCCC/C=C\CCCCCCOC(C)=O. The van der Waals surface area contributed by atoms with Gasteiger partial charge in [0, 0.05) is 13.3 Å². The Kier molecular flexibility index (Phi) is 30.0. The van der Waals surface area contributed by atoms with Crippen LogP contribution in [0.4, 0.5) is 0 Å². The first-order valence-corrected chi connectivity index (χ1v) is 13.2. The van der Waals surface area contributed by atoms with Crippen molar-refractivity contribution >= 4 is 11.9 Å². The van der Waals surface area contributed by atoms with Crippen molar-refractivity contribution < 1.29 is 19.4 Å². The highest BCUT2D eigenvalue weighted by Gasteiger charge is 1.96. The molecule has 0 rings (SSSR count). The normalized spacial score (nSPS) is 11.0. The monoisotopic (exact) mass is 452 g/mol. The maximum atomic E-state index is 10.5. The fourth-order valence-electron chi connectivity index (χ4n) is 3.12. The molecular weight excluding hydrogens is 400 g/mol. The number of unbranched alkanes of at least 4 members (excludes halogenated alkanes) is 13. The lowest BCUT2D eigenvalue weighted by atomic mass is 10.1. The standard InChI is InChI=1S/2C14H26O2/c1-3-4-5-6-7-8-9-10-11-12-13-16-14(2)15;1-2-3-4-5-6-7-8-9-10-11-12-13-14(15)16/h6-7H,3-5,8-13H2,1-2H3;5-6H,2-4,7-13H2,1H3,(H,15,16)/b7-6-;6-5-. The van der Waals surface area contributed by atoms with E-state index in [1.54, 1.807) is 0 Å². The lowest BCUT2D eigenvalue weighted by Gasteiger charge is -2.00. The van der Waals surface area contributed by atoms with Crippen LogP contribution >= 0.6 is 0 Å². The van der Waals surface area contributed by atoms with Crippen LogP contribution in [0.5, 0.6) is 0 Å². The van der Waals surface area contributed by atoms with Crippen molar-refractivity contribution in [2.45, 2.75) is 136 Å². The lowest BCUT2D eigenvalue weighted by molar-refractivity contribution is -0.141. The summed E-state index contributed by atoms with van der Waals surface area (Å²) in [7, 11) is 0. The molecule has 0 saturated carbocycles. The van der Waals surface area contributed by atoms with Gasteiger partial charge in [0.15, 0.2) is 0 Å². The van der Waals surface area contributed by atoms with Gasteiger partial charge in [-0.25, -0.2) is 0 Å². The van der Waals surface area contributed by atoms with Gasteiger partial charge in [-0.15, -0.1) is 0 Å². The Morgan fingerprint density at radius 1 is 0.625 bits per heavy atom. The summed E-state index contributed by atoms with van der Waals surface area (Å²) < 4.78 is 4.86. The summed E-state index contributed by atoms with van der Waals surface area (Å²) in [5.41, 5.74) is 0. The number of aliphatic carboxylic acids is 1. The molecule has 0 aromatic heterocycles. The van der Waals surface area contributed by atoms with Crippen LogP contribution < -0.4 is 0 Å². The number of hydrogen-bond donors (Lipinski definition) is 1. The number of hydrogen-bond acceptors (Lipinski definition) is 3. The summed E-state index contributed by atoms with van der Waals surface area (Å²) >= 11 is 0. The summed E-state index contributed by atoms with van der Waals surface area (Å²) in [5.74, 6) is -0.835. The van der Waals surface area contributed by atoms with Crippen LogP contribution in [0.2, 0.25) is 0 Å². The molecular formula is C28H52O4. The second kappa shape index (κ2) is 29.4. The molecule has 0 unspecified atom stereocenters. The van der Waals surface area contributed by atoms with E-state index in [1.807, 2.05) is 0 Å². The Balaban J connectivity index is 0. The quantitative estimate of drug-likeness (QED) is 0.107. The van der Waals surface area contributed by atoms with Gasteiger partial charge in [0.25, 0.3) is 0 Å². The summed E-state index contributed by atoms with van der Waals surface area (Å²) in [6.07, 6.45) is 29.7. The van der Waals surface area contributed by atoms with Crippen molar-refractivity contribution in [3.05, 3.63) is 24.3 Å². The van der Waals surface area contributed by atoms with Gasteiger partial charge in [-0.2, -0.15) is 0 Å². The molecule has 0 aliphatic carbocycles. The number of carboxylic acids is 1. The third-order valence-electron chi connectivity index (χ3n) is 5.11. The molecule has 4 nitrogen and oxygen atoms in total. The number of esters is 1. The molecule has 0 radical (unpaired) electrons. The van der Waals surface area contributed by atoms with Crippen molar-refractivity contribution in [2.75, 3.05) is 6.61 Å². The van der Waals surface area contributed by atoms with Gasteiger partial charge in [-0.1, -0.05) is 95.9 Å². The molecule has 0 amide bonds. The highest BCUT2D eigenvalue weighted by atomic mass is 16.5. The van der Waals surface area contributed by atoms with Crippen molar-refractivity contribution in [2.24, 2.45) is 0 Å². The molecule has 0 fully saturated rings. The zero-order valence-corrected chi connectivity index (χ0v) is 21.4. The predicted octanol–water partition coefficient (Wildman–Crippen LogP) is 8.79. The average Bonchev–Trinajstić information content (AvgIpc) is 2.76. The molecule has 0 aliphatic heterocycles. The van der Waals surface area contributed by atoms with Crippen molar-refractivity contribution in [3.63, 3.8) is 0 Å². The third kappa shape index (κ3) is 35.8. The number of ether oxygens (including phenoxy) is 1. The first kappa shape index (κ1) is 32.6. The van der Waals surface area contributed by atoms with Crippen LogP contribution in [0.25, 0.3) is 0 Å². The van der Waals surface area contributed by atoms with E-state index in [9.17, 15) is 9.59 Å². The van der Waals surface area contributed by atoms with Gasteiger partial charge in [-0.3, -0.25) is 9.59 Å². The number of carbonyl (C=O) groups excluding carboxylic acids is 1. The molecule has 4 heteroatoms. The Hall–Kier alpha value is -1.58. The Morgan fingerprint density at radius 2 is 1.03 bits per heavy atom. The van der Waals surface area contributed by atoms with E-state index in [2.05, 4.69) is 38.2 Å². The van der Waals surface area contributed by atoms with E-state index in [4.69, 9.17) is 9.84 Å². The molecule has 0 heterocycles. The van der Waals surface area contributed by atoms with Crippen LogP contribution in [-0.2, 0) is 14.3 Å². The van der Waals surface area contributed by atoms with Gasteiger partial charge >= 0.3 is 11.9 Å². The summed E-state index contributed by atoms with van der Waals surface area (Å²) in [5, 5.41) is 8.45. The smallest absolute Gasteiger partial charge is 0.303 e. The maximum absolute atomic E-state index is 10.5. The van der Waals surface area contributed by atoms with E-state index in [0.29, 0.717) is 13.0 Å². The summed E-state index contributed by atoms with van der Waals surface area (Å²) in [6, 6.07) is 0. The van der Waals surface area contributed by atoms with Crippen LogP contribution in [0.15, 0.2) is 24.3 Å². The second-order valence-electron chi connectivity index (χ2n) is 8.47. The molecule has 0 bridgehead atoms. The molecule has 188 valence electrons. The zero-order valence-electron chi connectivity index (χ0n) is 21.4. The lowest BCUT2D eigenvalue weighted by Crippen LogP contribution is -1.99. The minimum Gasteiger partial charge on any atom is -0.481 e. The van der Waals surface area contributed by atoms with E-state index in [0.717, 1.165) is 25.7 Å². The van der Waals surface area contributed by atoms with E-state index < -0.39 is 5.97 Å². The molecule has 0 aliphatic rings. The number of carbonyl (C=O) groups is 2. The second-order valence-corrected chi connectivity index (χ2v) is 8.47. The zero-order chi connectivity index (χ0) is 24.1. The minimum atomic E-state index is -0.668. The highest BCUT2D eigenvalue weighted by molar-refractivity contribution is 5.66. The first-order valence-electron chi connectivity index (χ1n) is 13.2. The van der Waals surface area contributed by atoms with Gasteiger partial charge < -0.3 is 9.84 Å². The average molecular weight is 453 g/mol. The minimum absolute atomic E-state index is 0.168. The van der Waals surface area contributed by atoms with Crippen LogP contribution in [0.3, 0.4) is 0 Å². The Labute approximate surface area is 198 Å². The van der Waals surface area contributed by atoms with E-state index >= 15 is 0 Å². The predicted molar refractivity (Wildman–Crippen MR) is 137 cm³/mol. The molecule has 0 spiro atoms. The molecule has 0 aromatic rings. The highest BCUT2D eigenvalue weighted by Crippen LogP contribution is 2.08. The topological polar surface area (TPSA) is 63.6 Å². The van der Waals surface area contributed by atoms with Gasteiger partial charge in [0.2, 0.25) is 0 Å². The fraction of sp³-hybridized carbons (Fsp3) is 0.786. The van der Waals surface area contributed by atoms with Gasteiger partial charge in [0.05, 0.1) is 6.61 Å². The summed E-state index contributed by atoms with van der Waals surface area (Å²) in [4.78, 5) is 20.7. The molecule has 0 saturated heterocycles. The van der Waals surface area contributed by atoms with Crippen LogP contribution in [-0.4, -0.2) is 23.7 Å². The third-order valence-corrected chi connectivity index (χ3v) is 5.11. The number of allylic oxidation sites excluding steroid dienone is 4. The maximum Gasteiger partial charge on any atom is 0.303 e. The van der Waals surface area contributed by atoms with E-state index in [-0.39, 0.29) is 5.97 Å². The molecule has 1 N–H and O–H groups in total. The molecule has 32 heavy (non-hydrogen) atoms. The van der Waals surface area contributed by atoms with Crippen LogP contribution in [0.1, 0.15) is 136 Å². The largest absolute Gasteiger partial charge is 0.481 e. The number of rotatable bonds is 21. The van der Waals surface area contributed by atoms with Crippen LogP contribution in [0, 0.1) is 0 Å². The van der Waals surface area contributed by atoms with E-state index in [1.165, 1.54) is 90.4 Å². The Morgan fingerprint density at radius 3 is 1.47 bits per heavy atom. The summed E-state index contributed by atoms with van der Waals surface area (Å²) in [6.45, 7) is 6.48.